The minimum absolute atomic E-state index is 0.490. The van der Waals surface area contributed by atoms with Gasteiger partial charge in [-0.1, -0.05) is 19.3 Å². The molecule has 118 valence electrons. The monoisotopic (exact) mass is 298 g/mol. The maximum absolute atomic E-state index is 5.26. The number of nitrogens with one attached hydrogen (secondary N) is 1. The summed E-state index contributed by atoms with van der Waals surface area (Å²) in [6.07, 6.45) is 11.1. The first-order valence-electron chi connectivity index (χ1n) is 8.52. The fourth-order valence-electron chi connectivity index (χ4n) is 3.27. The first-order chi connectivity index (χ1) is 10.8. The van der Waals surface area contributed by atoms with E-state index in [-0.39, 0.29) is 0 Å². The Balaban J connectivity index is 1.86. The van der Waals surface area contributed by atoms with Gasteiger partial charge in [-0.2, -0.15) is 0 Å². The Labute approximate surface area is 133 Å². The van der Waals surface area contributed by atoms with Crippen LogP contribution in [0.4, 0.5) is 0 Å². The molecule has 1 saturated heterocycles. The van der Waals surface area contributed by atoms with Crippen LogP contribution < -0.4 is 10.1 Å². The third kappa shape index (κ3) is 3.90. The second kappa shape index (κ2) is 7.48. The van der Waals surface area contributed by atoms with Crippen molar-refractivity contribution in [2.45, 2.75) is 51.0 Å². The minimum atomic E-state index is 0.490. The lowest BCUT2D eigenvalue weighted by Gasteiger charge is -2.19. The van der Waals surface area contributed by atoms with Crippen molar-refractivity contribution in [3.8, 4) is 5.75 Å². The van der Waals surface area contributed by atoms with E-state index in [0.29, 0.717) is 6.04 Å². The van der Waals surface area contributed by atoms with E-state index in [4.69, 9.17) is 9.73 Å². The highest BCUT2D eigenvalue weighted by Crippen LogP contribution is 2.22. The van der Waals surface area contributed by atoms with Gasteiger partial charge in [0.15, 0.2) is 0 Å². The van der Waals surface area contributed by atoms with Gasteiger partial charge >= 0.3 is 0 Å². The van der Waals surface area contributed by atoms with Gasteiger partial charge in [0.25, 0.3) is 0 Å². The lowest BCUT2D eigenvalue weighted by Crippen LogP contribution is -2.14. The molecule has 0 aromatic heterocycles. The third-order valence-electron chi connectivity index (χ3n) is 4.57. The van der Waals surface area contributed by atoms with Crippen molar-refractivity contribution in [3.05, 3.63) is 41.6 Å². The van der Waals surface area contributed by atoms with Crippen molar-refractivity contribution in [1.29, 1.82) is 0 Å². The molecule has 0 amide bonds. The Hall–Kier alpha value is -1.77. The van der Waals surface area contributed by atoms with Crippen LogP contribution in [0.2, 0.25) is 0 Å². The Morgan fingerprint density at radius 2 is 1.91 bits per heavy atom. The summed E-state index contributed by atoms with van der Waals surface area (Å²) in [7, 11) is 1.70. The van der Waals surface area contributed by atoms with Crippen LogP contribution in [0, 0.1) is 0 Å². The molecular weight excluding hydrogens is 272 g/mol. The Morgan fingerprint density at radius 3 is 2.55 bits per heavy atom. The largest absolute Gasteiger partial charge is 0.497 e. The predicted octanol–water partition coefficient (Wildman–Crippen LogP) is 4.08. The zero-order valence-corrected chi connectivity index (χ0v) is 13.5. The van der Waals surface area contributed by atoms with E-state index in [2.05, 4.69) is 23.5 Å². The van der Waals surface area contributed by atoms with Gasteiger partial charge in [0, 0.05) is 12.2 Å². The van der Waals surface area contributed by atoms with E-state index in [1.165, 1.54) is 49.8 Å². The average Bonchev–Trinajstić information content (AvgIpc) is 3.08. The van der Waals surface area contributed by atoms with Gasteiger partial charge < -0.3 is 10.1 Å². The Kier molecular flexibility index (Phi) is 5.15. The van der Waals surface area contributed by atoms with Gasteiger partial charge in [-0.15, -0.1) is 0 Å². The smallest absolute Gasteiger partial charge is 0.118 e. The topological polar surface area (TPSA) is 33.6 Å². The van der Waals surface area contributed by atoms with Crippen molar-refractivity contribution in [2.75, 3.05) is 13.7 Å². The molecule has 1 N–H and O–H groups in total. The maximum atomic E-state index is 5.26. The molecule has 0 bridgehead atoms. The number of hydrogen-bond donors (Lipinski definition) is 1. The second-order valence-electron chi connectivity index (χ2n) is 6.23. The lowest BCUT2D eigenvalue weighted by molar-refractivity contribution is 0.415. The molecule has 1 saturated carbocycles. The maximum Gasteiger partial charge on any atom is 0.118 e. The molecular formula is C19H26N2O. The van der Waals surface area contributed by atoms with Crippen molar-refractivity contribution in [1.82, 2.24) is 5.32 Å². The minimum Gasteiger partial charge on any atom is -0.497 e. The summed E-state index contributed by atoms with van der Waals surface area (Å²) in [5.41, 5.74) is 3.64. The molecule has 0 atom stereocenters. The molecule has 0 unspecified atom stereocenters. The number of benzene rings is 1. The molecule has 0 spiro atoms. The number of nitrogens with zero attached hydrogens (tertiary/aromatic N) is 1. The van der Waals surface area contributed by atoms with E-state index in [9.17, 15) is 0 Å². The molecule has 3 heteroatoms. The van der Waals surface area contributed by atoms with Crippen LogP contribution >= 0.6 is 0 Å². The van der Waals surface area contributed by atoms with Crippen LogP contribution in [-0.4, -0.2) is 25.4 Å². The summed E-state index contributed by atoms with van der Waals surface area (Å²) in [6.45, 7) is 1.09. The standard InChI is InChI=1S/C19H26N2O/c1-22-18-11-9-15(10-12-18)19(14-17-8-5-13-20-17)21-16-6-3-2-4-7-16/h9-12,14,16,20H,2-8,13H2,1H3. The average molecular weight is 298 g/mol. The first-order valence-corrected chi connectivity index (χ1v) is 8.52. The van der Waals surface area contributed by atoms with Gasteiger partial charge in [0.2, 0.25) is 0 Å². The van der Waals surface area contributed by atoms with Crippen LogP contribution in [-0.2, 0) is 0 Å². The number of aliphatic imine (C=N–C) groups is 1. The Morgan fingerprint density at radius 1 is 1.14 bits per heavy atom. The number of hydrogen-bond acceptors (Lipinski definition) is 3. The molecule has 1 aliphatic carbocycles. The molecule has 3 nitrogen and oxygen atoms in total. The fraction of sp³-hybridized carbons (Fsp3) is 0.526. The molecule has 1 aromatic carbocycles. The van der Waals surface area contributed by atoms with Crippen LogP contribution in [0.5, 0.6) is 5.75 Å². The van der Waals surface area contributed by atoms with Gasteiger partial charge in [-0.3, -0.25) is 4.99 Å². The number of ether oxygens (including phenoxy) is 1. The van der Waals surface area contributed by atoms with Crippen LogP contribution in [0.3, 0.4) is 0 Å². The van der Waals surface area contributed by atoms with Gasteiger partial charge in [0.1, 0.15) is 5.75 Å². The quantitative estimate of drug-likeness (QED) is 0.850. The highest BCUT2D eigenvalue weighted by molar-refractivity contribution is 6.09. The highest BCUT2D eigenvalue weighted by Gasteiger charge is 2.14. The SMILES string of the molecule is COc1ccc(C(C=C2CCCN2)=NC2CCCCC2)cc1. The molecule has 0 radical (unpaired) electrons. The van der Waals surface area contributed by atoms with E-state index < -0.39 is 0 Å². The molecule has 1 aromatic rings. The van der Waals surface area contributed by atoms with Crippen LogP contribution in [0.15, 0.2) is 41.0 Å². The number of rotatable bonds is 4. The number of allylic oxidation sites excluding steroid dienone is 2. The molecule has 2 aliphatic rings. The zero-order chi connectivity index (χ0) is 15.2. The number of methoxy groups -OCH3 is 1. The predicted molar refractivity (Wildman–Crippen MR) is 91.7 cm³/mol. The Bertz CT molecular complexity index is 531. The van der Waals surface area contributed by atoms with Gasteiger partial charge in [0.05, 0.1) is 18.9 Å². The van der Waals surface area contributed by atoms with E-state index in [0.717, 1.165) is 24.4 Å². The summed E-state index contributed by atoms with van der Waals surface area (Å²) in [4.78, 5) is 5.08. The van der Waals surface area contributed by atoms with E-state index in [1.54, 1.807) is 7.11 Å². The van der Waals surface area contributed by atoms with E-state index >= 15 is 0 Å². The molecule has 1 aliphatic heterocycles. The van der Waals surface area contributed by atoms with Crippen molar-refractivity contribution in [2.24, 2.45) is 4.99 Å². The normalized spacial score (nSPS) is 21.9. The molecule has 2 fully saturated rings. The summed E-state index contributed by atoms with van der Waals surface area (Å²) in [6, 6.07) is 8.77. The molecule has 3 rings (SSSR count). The fourth-order valence-corrected chi connectivity index (χ4v) is 3.27. The first kappa shape index (κ1) is 15.1. The van der Waals surface area contributed by atoms with Crippen LogP contribution in [0.1, 0.15) is 50.5 Å². The van der Waals surface area contributed by atoms with E-state index in [1.807, 2.05) is 12.1 Å². The third-order valence-corrected chi connectivity index (χ3v) is 4.57. The second-order valence-corrected chi connectivity index (χ2v) is 6.23. The molecule has 22 heavy (non-hydrogen) atoms. The van der Waals surface area contributed by atoms with Crippen molar-refractivity contribution in [3.63, 3.8) is 0 Å². The highest BCUT2D eigenvalue weighted by atomic mass is 16.5. The molecule has 1 heterocycles. The summed E-state index contributed by atoms with van der Waals surface area (Å²) in [5.74, 6) is 0.896. The van der Waals surface area contributed by atoms with Crippen molar-refractivity contribution < 1.29 is 4.74 Å². The lowest BCUT2D eigenvalue weighted by atomic mass is 9.95. The van der Waals surface area contributed by atoms with Gasteiger partial charge in [-0.25, -0.2) is 0 Å². The van der Waals surface area contributed by atoms with Gasteiger partial charge in [-0.05, 0) is 61.6 Å². The summed E-state index contributed by atoms with van der Waals surface area (Å²) >= 11 is 0. The summed E-state index contributed by atoms with van der Waals surface area (Å²) < 4.78 is 5.26. The van der Waals surface area contributed by atoms with Crippen molar-refractivity contribution >= 4 is 5.71 Å². The zero-order valence-electron chi connectivity index (χ0n) is 13.5. The van der Waals surface area contributed by atoms with Crippen LogP contribution in [0.25, 0.3) is 0 Å². The summed E-state index contributed by atoms with van der Waals surface area (Å²) in [5, 5.41) is 3.47.